The molecule has 1 saturated carbocycles. The Morgan fingerprint density at radius 2 is 2.11 bits per heavy atom. The maximum atomic E-state index is 11.7. The molecule has 0 heterocycles. The van der Waals surface area contributed by atoms with E-state index in [1.165, 1.54) is 7.11 Å². The maximum Gasteiger partial charge on any atom is 0.323 e. The van der Waals surface area contributed by atoms with E-state index in [0.29, 0.717) is 19.1 Å². The summed E-state index contributed by atoms with van der Waals surface area (Å²) in [5.74, 6) is 0.283. The van der Waals surface area contributed by atoms with Crippen LogP contribution in [0.15, 0.2) is 24.3 Å². The summed E-state index contributed by atoms with van der Waals surface area (Å²) in [7, 11) is 3.13. The van der Waals surface area contributed by atoms with Gasteiger partial charge in [-0.25, -0.2) is 0 Å². The first-order valence-electron chi connectivity index (χ1n) is 6.62. The second-order valence-electron chi connectivity index (χ2n) is 4.97. The largest absolute Gasteiger partial charge is 0.468 e. The molecule has 1 N–H and O–H groups in total. The van der Waals surface area contributed by atoms with Crippen LogP contribution in [0, 0.1) is 5.92 Å². The Hall–Kier alpha value is -1.39. The summed E-state index contributed by atoms with van der Waals surface area (Å²) in [6.45, 7) is 1.28. The molecular formula is C15H21NO3. The minimum atomic E-state index is -0.170. The number of hydrogen-bond acceptors (Lipinski definition) is 4. The van der Waals surface area contributed by atoms with Gasteiger partial charge in [0.15, 0.2) is 0 Å². The van der Waals surface area contributed by atoms with E-state index in [1.807, 2.05) is 18.2 Å². The lowest BCUT2D eigenvalue weighted by atomic mass is 10.1. The smallest absolute Gasteiger partial charge is 0.323 e. The summed E-state index contributed by atoms with van der Waals surface area (Å²) in [4.78, 5) is 11.7. The summed E-state index contributed by atoms with van der Waals surface area (Å²) in [5, 5.41) is 3.30. The van der Waals surface area contributed by atoms with Gasteiger partial charge in [-0.1, -0.05) is 24.3 Å². The van der Waals surface area contributed by atoms with Crippen molar-refractivity contribution in [3.05, 3.63) is 35.4 Å². The van der Waals surface area contributed by atoms with Gasteiger partial charge in [0, 0.05) is 13.7 Å². The Morgan fingerprint density at radius 3 is 2.74 bits per heavy atom. The summed E-state index contributed by atoms with van der Waals surface area (Å²) in [6, 6.07) is 8.02. The first kappa shape index (κ1) is 14.0. The first-order valence-corrected chi connectivity index (χ1v) is 6.62. The van der Waals surface area contributed by atoms with E-state index in [9.17, 15) is 4.79 Å². The van der Waals surface area contributed by atoms with Crippen LogP contribution < -0.4 is 5.32 Å². The average Bonchev–Trinajstić information content (AvgIpc) is 3.24. The van der Waals surface area contributed by atoms with Crippen LogP contribution in [0.1, 0.15) is 24.0 Å². The zero-order valence-corrected chi connectivity index (χ0v) is 11.5. The van der Waals surface area contributed by atoms with Crippen LogP contribution in [-0.4, -0.2) is 26.2 Å². The third-order valence-electron chi connectivity index (χ3n) is 3.38. The topological polar surface area (TPSA) is 47.6 Å². The second kappa shape index (κ2) is 6.68. The lowest BCUT2D eigenvalue weighted by molar-refractivity contribution is -0.143. The molecule has 1 aliphatic carbocycles. The third-order valence-corrected chi connectivity index (χ3v) is 3.38. The van der Waals surface area contributed by atoms with Gasteiger partial charge in [0.05, 0.1) is 13.7 Å². The van der Waals surface area contributed by atoms with Crippen molar-refractivity contribution in [3.63, 3.8) is 0 Å². The molecular weight excluding hydrogens is 242 g/mol. The minimum Gasteiger partial charge on any atom is -0.468 e. The molecule has 104 valence electrons. The highest BCUT2D eigenvalue weighted by molar-refractivity contribution is 5.76. The van der Waals surface area contributed by atoms with Gasteiger partial charge < -0.3 is 14.8 Å². The lowest BCUT2D eigenvalue weighted by Gasteiger charge is -2.16. The second-order valence-corrected chi connectivity index (χ2v) is 4.97. The number of methoxy groups -OCH3 is 2. The highest BCUT2D eigenvalue weighted by Gasteiger charge is 2.36. The van der Waals surface area contributed by atoms with Crippen molar-refractivity contribution in [1.82, 2.24) is 5.32 Å². The molecule has 0 spiro atoms. The molecule has 1 aromatic rings. The number of rotatable bonds is 7. The minimum absolute atomic E-state index is 0.157. The number of nitrogens with one attached hydrogen (secondary N) is 1. The molecule has 19 heavy (non-hydrogen) atoms. The highest BCUT2D eigenvalue weighted by atomic mass is 16.5. The Kier molecular flexibility index (Phi) is 4.93. The van der Waals surface area contributed by atoms with E-state index in [-0.39, 0.29) is 12.0 Å². The van der Waals surface area contributed by atoms with Gasteiger partial charge in [0.25, 0.3) is 0 Å². The quantitative estimate of drug-likeness (QED) is 0.763. The monoisotopic (exact) mass is 263 g/mol. The average molecular weight is 263 g/mol. The van der Waals surface area contributed by atoms with E-state index < -0.39 is 0 Å². The Labute approximate surface area is 114 Å². The molecule has 1 fully saturated rings. The molecule has 1 unspecified atom stereocenters. The Bertz CT molecular complexity index is 429. The van der Waals surface area contributed by atoms with Gasteiger partial charge in [-0.3, -0.25) is 4.79 Å². The van der Waals surface area contributed by atoms with Crippen molar-refractivity contribution >= 4 is 5.97 Å². The highest BCUT2D eigenvalue weighted by Crippen LogP contribution is 2.33. The summed E-state index contributed by atoms with van der Waals surface area (Å²) >= 11 is 0. The molecule has 2 rings (SSSR count). The van der Waals surface area contributed by atoms with E-state index in [0.717, 1.165) is 24.0 Å². The maximum absolute atomic E-state index is 11.7. The van der Waals surface area contributed by atoms with Crippen molar-refractivity contribution < 1.29 is 14.3 Å². The Balaban J connectivity index is 1.92. The van der Waals surface area contributed by atoms with Gasteiger partial charge >= 0.3 is 5.97 Å². The number of benzene rings is 1. The predicted molar refractivity (Wildman–Crippen MR) is 72.5 cm³/mol. The van der Waals surface area contributed by atoms with Gasteiger partial charge in [0.1, 0.15) is 6.04 Å². The van der Waals surface area contributed by atoms with Crippen molar-refractivity contribution in [1.29, 1.82) is 0 Å². The number of ether oxygens (including phenoxy) is 2. The van der Waals surface area contributed by atoms with Crippen LogP contribution in [0.25, 0.3) is 0 Å². The molecule has 1 aliphatic rings. The molecule has 0 amide bonds. The van der Waals surface area contributed by atoms with E-state index in [4.69, 9.17) is 9.47 Å². The van der Waals surface area contributed by atoms with Crippen LogP contribution in [0.3, 0.4) is 0 Å². The zero-order chi connectivity index (χ0) is 13.7. The van der Waals surface area contributed by atoms with E-state index in [1.54, 1.807) is 7.11 Å². The zero-order valence-electron chi connectivity index (χ0n) is 11.5. The Morgan fingerprint density at radius 1 is 1.37 bits per heavy atom. The first-order chi connectivity index (χ1) is 9.24. The molecule has 0 bridgehead atoms. The molecule has 4 nitrogen and oxygen atoms in total. The van der Waals surface area contributed by atoms with Crippen molar-refractivity contribution in [2.24, 2.45) is 5.92 Å². The normalized spacial score (nSPS) is 16.1. The van der Waals surface area contributed by atoms with Gasteiger partial charge in [0.2, 0.25) is 0 Å². The van der Waals surface area contributed by atoms with Gasteiger partial charge in [-0.15, -0.1) is 0 Å². The predicted octanol–water partition coefficient (Wildman–Crippen LogP) is 1.87. The molecule has 1 atom stereocenters. The van der Waals surface area contributed by atoms with Crippen LogP contribution in [0.4, 0.5) is 0 Å². The van der Waals surface area contributed by atoms with E-state index in [2.05, 4.69) is 11.4 Å². The summed E-state index contributed by atoms with van der Waals surface area (Å²) in [5.41, 5.74) is 2.30. The molecule has 0 aromatic heterocycles. The number of esters is 1. The van der Waals surface area contributed by atoms with Crippen LogP contribution in [-0.2, 0) is 27.4 Å². The summed E-state index contributed by atoms with van der Waals surface area (Å²) in [6.07, 6.45) is 2.22. The van der Waals surface area contributed by atoms with Crippen LogP contribution in [0.5, 0.6) is 0 Å². The fraction of sp³-hybridized carbons (Fsp3) is 0.533. The number of carbonyl (C=O) groups excluding carboxylic acids is 1. The molecule has 0 saturated heterocycles. The SMILES string of the molecule is COCc1cccc(CNC(C(=O)OC)C2CC2)c1. The van der Waals surface area contributed by atoms with Gasteiger partial charge in [-0.2, -0.15) is 0 Å². The standard InChI is InChI=1S/C15H21NO3/c1-18-10-12-5-3-4-11(8-12)9-16-14(13-6-7-13)15(17)19-2/h3-5,8,13-14,16H,6-7,9-10H2,1-2H3. The van der Waals surface area contributed by atoms with Crippen molar-refractivity contribution in [2.75, 3.05) is 14.2 Å². The van der Waals surface area contributed by atoms with E-state index >= 15 is 0 Å². The number of hydrogen-bond donors (Lipinski definition) is 1. The van der Waals surface area contributed by atoms with Crippen molar-refractivity contribution in [3.8, 4) is 0 Å². The molecule has 0 aliphatic heterocycles. The van der Waals surface area contributed by atoms with Gasteiger partial charge in [-0.05, 0) is 29.9 Å². The molecule has 4 heteroatoms. The fourth-order valence-electron chi connectivity index (χ4n) is 2.22. The molecule has 0 radical (unpaired) electrons. The summed E-state index contributed by atoms with van der Waals surface area (Å²) < 4.78 is 9.96. The molecule has 1 aromatic carbocycles. The van der Waals surface area contributed by atoms with Crippen LogP contribution in [0.2, 0.25) is 0 Å². The third kappa shape index (κ3) is 4.04. The van der Waals surface area contributed by atoms with Crippen LogP contribution >= 0.6 is 0 Å². The fourth-order valence-corrected chi connectivity index (χ4v) is 2.22. The number of carbonyl (C=O) groups is 1. The van der Waals surface area contributed by atoms with Crippen molar-refractivity contribution in [2.45, 2.75) is 32.0 Å². The lowest BCUT2D eigenvalue weighted by Crippen LogP contribution is -2.39.